The number of ether oxygens (including phenoxy) is 1. The van der Waals surface area contributed by atoms with E-state index >= 15 is 0 Å². The van der Waals surface area contributed by atoms with Gasteiger partial charge in [-0.25, -0.2) is 9.48 Å². The van der Waals surface area contributed by atoms with Crippen molar-refractivity contribution in [3.63, 3.8) is 0 Å². The number of nitrogens with zero attached hydrogens (tertiary/aromatic N) is 2. The van der Waals surface area contributed by atoms with E-state index in [2.05, 4.69) is 5.10 Å². The first-order chi connectivity index (χ1) is 9.56. The molecule has 20 heavy (non-hydrogen) atoms. The number of nitrogens with two attached hydrogens (primary N) is 1. The lowest BCUT2D eigenvalue weighted by Gasteiger charge is -2.04. The number of carbonyl (C=O) groups excluding carboxylic acids is 1. The van der Waals surface area contributed by atoms with Crippen LogP contribution < -0.4 is 5.73 Å². The van der Waals surface area contributed by atoms with Gasteiger partial charge in [-0.2, -0.15) is 5.10 Å². The molecular weight excluding hydrogens is 258 g/mol. The molecule has 0 saturated carbocycles. The summed E-state index contributed by atoms with van der Waals surface area (Å²) in [6.07, 6.45) is 1.59. The monoisotopic (exact) mass is 275 g/mol. The van der Waals surface area contributed by atoms with Gasteiger partial charge in [-0.1, -0.05) is 0 Å². The van der Waals surface area contributed by atoms with E-state index < -0.39 is 12.1 Å². The average molecular weight is 275 g/mol. The van der Waals surface area contributed by atoms with Gasteiger partial charge in [-0.3, -0.25) is 0 Å². The van der Waals surface area contributed by atoms with Gasteiger partial charge in [-0.05, 0) is 37.3 Å². The molecule has 0 aliphatic heterocycles. The fourth-order valence-corrected chi connectivity index (χ4v) is 1.60. The average Bonchev–Trinajstić information content (AvgIpc) is 2.88. The van der Waals surface area contributed by atoms with Gasteiger partial charge in [0.2, 0.25) is 0 Å². The standard InChI is InChI=1S/C14H17N3O3/c1-10(18)7-9-20-14(19)13-6-8-17(16-13)12-4-2-11(15)3-5-12/h2-6,8,10,18H,7,9,15H2,1H3. The van der Waals surface area contributed by atoms with Crippen molar-refractivity contribution in [1.29, 1.82) is 0 Å². The minimum atomic E-state index is -0.500. The molecule has 1 unspecified atom stereocenters. The van der Waals surface area contributed by atoms with E-state index in [4.69, 9.17) is 15.6 Å². The largest absolute Gasteiger partial charge is 0.461 e. The zero-order chi connectivity index (χ0) is 14.5. The molecule has 1 heterocycles. The number of rotatable bonds is 5. The van der Waals surface area contributed by atoms with E-state index in [1.54, 1.807) is 36.0 Å². The topological polar surface area (TPSA) is 90.4 Å². The number of anilines is 1. The second kappa shape index (κ2) is 6.21. The summed E-state index contributed by atoms with van der Waals surface area (Å²) in [5, 5.41) is 13.2. The highest BCUT2D eigenvalue weighted by Gasteiger charge is 2.12. The minimum Gasteiger partial charge on any atom is -0.461 e. The Bertz CT molecular complexity index is 576. The summed E-state index contributed by atoms with van der Waals surface area (Å²) in [6.45, 7) is 1.81. The lowest BCUT2D eigenvalue weighted by molar-refractivity contribution is 0.0437. The van der Waals surface area contributed by atoms with E-state index in [0.717, 1.165) is 5.69 Å². The van der Waals surface area contributed by atoms with Gasteiger partial charge in [0.25, 0.3) is 0 Å². The zero-order valence-electron chi connectivity index (χ0n) is 11.2. The molecule has 0 bridgehead atoms. The van der Waals surface area contributed by atoms with Gasteiger partial charge >= 0.3 is 5.97 Å². The van der Waals surface area contributed by atoms with Gasteiger partial charge < -0.3 is 15.6 Å². The number of hydrogen-bond acceptors (Lipinski definition) is 5. The van der Waals surface area contributed by atoms with Gasteiger partial charge in [0, 0.05) is 18.3 Å². The van der Waals surface area contributed by atoms with Gasteiger partial charge in [0.05, 0.1) is 18.4 Å². The van der Waals surface area contributed by atoms with Gasteiger partial charge in [0.1, 0.15) is 0 Å². The number of aliphatic hydroxyl groups excluding tert-OH is 1. The molecule has 2 aromatic rings. The van der Waals surface area contributed by atoms with Crippen molar-refractivity contribution in [3.8, 4) is 5.69 Å². The van der Waals surface area contributed by atoms with Crippen LogP contribution in [-0.2, 0) is 4.74 Å². The summed E-state index contributed by atoms with van der Waals surface area (Å²) in [6, 6.07) is 8.73. The smallest absolute Gasteiger partial charge is 0.358 e. The summed E-state index contributed by atoms with van der Waals surface area (Å²) >= 11 is 0. The maximum absolute atomic E-state index is 11.7. The maximum Gasteiger partial charge on any atom is 0.358 e. The van der Waals surface area contributed by atoms with Gasteiger partial charge in [0.15, 0.2) is 5.69 Å². The molecule has 6 nitrogen and oxygen atoms in total. The number of esters is 1. The molecule has 2 rings (SSSR count). The molecule has 106 valence electrons. The number of benzene rings is 1. The number of carbonyl (C=O) groups is 1. The highest BCUT2D eigenvalue weighted by Crippen LogP contribution is 2.11. The third-order valence-corrected chi connectivity index (χ3v) is 2.72. The summed E-state index contributed by atoms with van der Waals surface area (Å²) < 4.78 is 6.59. The van der Waals surface area contributed by atoms with Crippen molar-refractivity contribution < 1.29 is 14.6 Å². The quantitative estimate of drug-likeness (QED) is 0.635. The first-order valence-electron chi connectivity index (χ1n) is 6.33. The molecule has 0 fully saturated rings. The second-order valence-corrected chi connectivity index (χ2v) is 4.51. The van der Waals surface area contributed by atoms with E-state index in [0.29, 0.717) is 12.1 Å². The highest BCUT2D eigenvalue weighted by atomic mass is 16.5. The Morgan fingerprint density at radius 3 is 2.75 bits per heavy atom. The fraction of sp³-hybridized carbons (Fsp3) is 0.286. The predicted octanol–water partition coefficient (Wildman–Crippen LogP) is 1.38. The molecule has 0 amide bonds. The Balaban J connectivity index is 2.01. The molecule has 1 atom stereocenters. The van der Waals surface area contributed by atoms with Crippen LogP contribution in [0.15, 0.2) is 36.5 Å². The molecule has 0 aliphatic rings. The molecule has 6 heteroatoms. The molecule has 0 aliphatic carbocycles. The SMILES string of the molecule is CC(O)CCOC(=O)c1ccn(-c2ccc(N)cc2)n1. The minimum absolute atomic E-state index is 0.172. The maximum atomic E-state index is 11.7. The zero-order valence-corrected chi connectivity index (χ0v) is 11.2. The summed E-state index contributed by atoms with van der Waals surface area (Å²) in [5.41, 5.74) is 7.32. The Labute approximate surface area is 116 Å². The molecule has 0 radical (unpaired) electrons. The van der Waals surface area contributed by atoms with Crippen LogP contribution in [0, 0.1) is 0 Å². The van der Waals surface area contributed by atoms with E-state index in [1.807, 2.05) is 12.1 Å². The molecular formula is C14H17N3O3. The van der Waals surface area contributed by atoms with Crippen molar-refractivity contribution in [1.82, 2.24) is 9.78 Å². The van der Waals surface area contributed by atoms with Crippen LogP contribution in [0.25, 0.3) is 5.69 Å². The molecule has 1 aromatic heterocycles. The first kappa shape index (κ1) is 14.1. The van der Waals surface area contributed by atoms with Crippen LogP contribution in [-0.4, -0.2) is 33.6 Å². The number of aliphatic hydroxyl groups is 1. The highest BCUT2D eigenvalue weighted by molar-refractivity contribution is 5.87. The first-order valence-corrected chi connectivity index (χ1v) is 6.33. The summed E-state index contributed by atoms with van der Waals surface area (Å²) in [5.74, 6) is -0.500. The van der Waals surface area contributed by atoms with Crippen LogP contribution in [0.2, 0.25) is 0 Å². The molecule has 0 saturated heterocycles. The van der Waals surface area contributed by atoms with Gasteiger partial charge in [-0.15, -0.1) is 0 Å². The molecule has 0 spiro atoms. The molecule has 3 N–H and O–H groups in total. The Hall–Kier alpha value is -2.34. The lowest BCUT2D eigenvalue weighted by atomic mass is 10.3. The van der Waals surface area contributed by atoms with Crippen LogP contribution in [0.4, 0.5) is 5.69 Å². The van der Waals surface area contributed by atoms with Crippen molar-refractivity contribution in [2.75, 3.05) is 12.3 Å². The number of aromatic nitrogens is 2. The normalized spacial score (nSPS) is 12.1. The Morgan fingerprint density at radius 1 is 1.40 bits per heavy atom. The Kier molecular flexibility index (Phi) is 4.37. The van der Waals surface area contributed by atoms with Crippen molar-refractivity contribution in [3.05, 3.63) is 42.2 Å². The summed E-state index contributed by atoms with van der Waals surface area (Å²) in [4.78, 5) is 11.7. The summed E-state index contributed by atoms with van der Waals surface area (Å²) in [7, 11) is 0. The third kappa shape index (κ3) is 3.58. The Morgan fingerprint density at radius 2 is 2.10 bits per heavy atom. The lowest BCUT2D eigenvalue weighted by Crippen LogP contribution is -2.11. The van der Waals surface area contributed by atoms with Crippen LogP contribution in [0.5, 0.6) is 0 Å². The van der Waals surface area contributed by atoms with E-state index in [1.165, 1.54) is 0 Å². The van der Waals surface area contributed by atoms with E-state index in [-0.39, 0.29) is 12.3 Å². The number of nitrogen functional groups attached to an aromatic ring is 1. The number of hydrogen-bond donors (Lipinski definition) is 2. The molecule has 1 aromatic carbocycles. The van der Waals surface area contributed by atoms with Crippen molar-refractivity contribution in [2.24, 2.45) is 0 Å². The van der Waals surface area contributed by atoms with Crippen LogP contribution in [0.3, 0.4) is 0 Å². The van der Waals surface area contributed by atoms with Crippen molar-refractivity contribution in [2.45, 2.75) is 19.4 Å². The second-order valence-electron chi connectivity index (χ2n) is 4.51. The third-order valence-electron chi connectivity index (χ3n) is 2.72. The fourth-order valence-electron chi connectivity index (χ4n) is 1.60. The van der Waals surface area contributed by atoms with Crippen LogP contribution in [0.1, 0.15) is 23.8 Å². The predicted molar refractivity (Wildman–Crippen MR) is 74.6 cm³/mol. The van der Waals surface area contributed by atoms with Crippen LogP contribution >= 0.6 is 0 Å². The van der Waals surface area contributed by atoms with Crippen molar-refractivity contribution >= 4 is 11.7 Å². The van der Waals surface area contributed by atoms with E-state index in [9.17, 15) is 4.79 Å².